The van der Waals surface area contributed by atoms with E-state index < -0.39 is 0 Å². The zero-order valence-electron chi connectivity index (χ0n) is 7.63. The maximum Gasteiger partial charge on any atom is 0.0815 e. The first-order valence-corrected chi connectivity index (χ1v) is 4.17. The maximum absolute atomic E-state index is 5.66. The topological polar surface area (TPSA) is 12.5 Å². The van der Waals surface area contributed by atoms with E-state index in [0.29, 0.717) is 0 Å². The monoisotopic (exact) mass is 155 g/mol. The van der Waals surface area contributed by atoms with Gasteiger partial charge in [0.1, 0.15) is 0 Å². The SMILES string of the molecule is CC(C)(C)ON1C[CH][CH]CC1. The molecule has 0 atom stereocenters. The van der Waals surface area contributed by atoms with Crippen LogP contribution >= 0.6 is 0 Å². The molecular weight excluding hydrogens is 138 g/mol. The van der Waals surface area contributed by atoms with Crippen molar-refractivity contribution in [2.45, 2.75) is 32.8 Å². The molecular formula is C9H17NO. The second kappa shape index (κ2) is 3.55. The normalized spacial score (nSPS) is 22.1. The summed E-state index contributed by atoms with van der Waals surface area (Å²) in [5.74, 6) is 0. The Morgan fingerprint density at radius 2 is 2.00 bits per heavy atom. The molecule has 1 saturated heterocycles. The van der Waals surface area contributed by atoms with Crippen LogP contribution in [0.3, 0.4) is 0 Å². The van der Waals surface area contributed by atoms with Crippen LogP contribution in [0.4, 0.5) is 0 Å². The number of rotatable bonds is 1. The van der Waals surface area contributed by atoms with Crippen molar-refractivity contribution in [3.63, 3.8) is 0 Å². The lowest BCUT2D eigenvalue weighted by molar-refractivity contribution is -0.226. The molecule has 0 aromatic rings. The highest BCUT2D eigenvalue weighted by Gasteiger charge is 2.18. The zero-order valence-corrected chi connectivity index (χ0v) is 7.63. The lowest BCUT2D eigenvalue weighted by atomic mass is 10.1. The fourth-order valence-electron chi connectivity index (χ4n) is 1.09. The van der Waals surface area contributed by atoms with Crippen LogP contribution < -0.4 is 0 Å². The summed E-state index contributed by atoms with van der Waals surface area (Å²) < 4.78 is 0. The van der Waals surface area contributed by atoms with Crippen molar-refractivity contribution in [2.75, 3.05) is 13.1 Å². The molecule has 0 aromatic carbocycles. The second-order valence-electron chi connectivity index (χ2n) is 3.85. The van der Waals surface area contributed by atoms with E-state index in [4.69, 9.17) is 4.84 Å². The van der Waals surface area contributed by atoms with Gasteiger partial charge in [0.05, 0.1) is 5.60 Å². The second-order valence-corrected chi connectivity index (χ2v) is 3.85. The molecule has 2 heteroatoms. The first-order chi connectivity index (χ1) is 5.08. The summed E-state index contributed by atoms with van der Waals surface area (Å²) in [7, 11) is 0. The van der Waals surface area contributed by atoms with Gasteiger partial charge in [-0.3, -0.25) is 4.84 Å². The minimum atomic E-state index is -0.0504. The van der Waals surface area contributed by atoms with Gasteiger partial charge >= 0.3 is 0 Å². The lowest BCUT2D eigenvalue weighted by Crippen LogP contribution is -2.37. The van der Waals surface area contributed by atoms with Crippen LogP contribution in [0.25, 0.3) is 0 Å². The molecule has 2 radical (unpaired) electrons. The average Bonchev–Trinajstić information content (AvgIpc) is 1.85. The minimum Gasteiger partial charge on any atom is -0.293 e. The molecule has 64 valence electrons. The minimum absolute atomic E-state index is 0.0504. The van der Waals surface area contributed by atoms with Crippen molar-refractivity contribution >= 4 is 0 Å². The van der Waals surface area contributed by atoms with Crippen LogP contribution in [-0.2, 0) is 4.84 Å². The van der Waals surface area contributed by atoms with Crippen molar-refractivity contribution in [3.8, 4) is 0 Å². The first-order valence-electron chi connectivity index (χ1n) is 4.17. The van der Waals surface area contributed by atoms with Gasteiger partial charge in [-0.05, 0) is 40.0 Å². The zero-order chi connectivity index (χ0) is 8.32. The van der Waals surface area contributed by atoms with E-state index in [-0.39, 0.29) is 5.60 Å². The van der Waals surface area contributed by atoms with Gasteiger partial charge in [-0.1, -0.05) is 0 Å². The molecule has 11 heavy (non-hydrogen) atoms. The van der Waals surface area contributed by atoms with Gasteiger partial charge in [0.15, 0.2) is 0 Å². The summed E-state index contributed by atoms with van der Waals surface area (Å²) in [6.45, 7) is 8.17. The van der Waals surface area contributed by atoms with Crippen LogP contribution in [0.5, 0.6) is 0 Å². The largest absolute Gasteiger partial charge is 0.293 e. The van der Waals surface area contributed by atoms with Crippen LogP contribution in [0.2, 0.25) is 0 Å². The molecule has 0 aromatic heterocycles. The van der Waals surface area contributed by atoms with Crippen LogP contribution in [0.15, 0.2) is 0 Å². The maximum atomic E-state index is 5.66. The Morgan fingerprint density at radius 3 is 2.45 bits per heavy atom. The molecule has 0 bridgehead atoms. The Hall–Kier alpha value is -0.0800. The molecule has 1 heterocycles. The lowest BCUT2D eigenvalue weighted by Gasteiger charge is -2.32. The Kier molecular flexibility index (Phi) is 2.90. The fraction of sp³-hybridized carbons (Fsp3) is 0.778. The van der Waals surface area contributed by atoms with Gasteiger partial charge in [-0.25, -0.2) is 0 Å². The van der Waals surface area contributed by atoms with E-state index in [1.54, 1.807) is 0 Å². The number of hydrogen-bond donors (Lipinski definition) is 0. The molecule has 2 nitrogen and oxygen atoms in total. The van der Waals surface area contributed by atoms with Gasteiger partial charge < -0.3 is 0 Å². The van der Waals surface area contributed by atoms with Crippen molar-refractivity contribution in [3.05, 3.63) is 12.8 Å². The Balaban J connectivity index is 2.24. The summed E-state index contributed by atoms with van der Waals surface area (Å²) in [4.78, 5) is 5.66. The molecule has 1 fully saturated rings. The van der Waals surface area contributed by atoms with Gasteiger partial charge in [0.2, 0.25) is 0 Å². The number of nitrogens with zero attached hydrogens (tertiary/aromatic N) is 1. The first kappa shape index (κ1) is 9.01. The summed E-state index contributed by atoms with van der Waals surface area (Å²) in [5.41, 5.74) is -0.0504. The molecule has 0 spiro atoms. The van der Waals surface area contributed by atoms with E-state index in [2.05, 4.69) is 33.6 Å². The van der Waals surface area contributed by atoms with E-state index in [9.17, 15) is 0 Å². The smallest absolute Gasteiger partial charge is 0.0815 e. The number of hydroxylamine groups is 2. The molecule has 0 amide bonds. The third-order valence-corrected chi connectivity index (χ3v) is 1.42. The van der Waals surface area contributed by atoms with E-state index >= 15 is 0 Å². The van der Waals surface area contributed by atoms with Crippen LogP contribution in [0, 0.1) is 12.8 Å². The van der Waals surface area contributed by atoms with Crippen molar-refractivity contribution in [1.29, 1.82) is 0 Å². The molecule has 1 aliphatic rings. The standard InChI is InChI=1S/C9H17NO/c1-9(2,3)11-10-7-5-4-6-8-10/h4-5H,6-8H2,1-3H3. The highest BCUT2D eigenvalue weighted by atomic mass is 16.7. The Morgan fingerprint density at radius 1 is 1.27 bits per heavy atom. The van der Waals surface area contributed by atoms with Crippen molar-refractivity contribution < 1.29 is 4.84 Å². The van der Waals surface area contributed by atoms with E-state index in [0.717, 1.165) is 19.5 Å². The van der Waals surface area contributed by atoms with Gasteiger partial charge in [0.25, 0.3) is 0 Å². The predicted octanol–water partition coefficient (Wildman–Crippen LogP) is 1.83. The predicted molar refractivity (Wildman–Crippen MR) is 45.6 cm³/mol. The van der Waals surface area contributed by atoms with Crippen LogP contribution in [-0.4, -0.2) is 23.8 Å². The molecule has 1 rings (SSSR count). The molecule has 1 aliphatic heterocycles. The Labute approximate surface area is 69.5 Å². The van der Waals surface area contributed by atoms with Gasteiger partial charge in [-0.2, -0.15) is 5.06 Å². The van der Waals surface area contributed by atoms with E-state index in [1.165, 1.54) is 0 Å². The van der Waals surface area contributed by atoms with Crippen LogP contribution in [0.1, 0.15) is 27.2 Å². The number of hydrogen-bond acceptors (Lipinski definition) is 2. The summed E-state index contributed by atoms with van der Waals surface area (Å²) in [5, 5.41) is 2.01. The summed E-state index contributed by atoms with van der Waals surface area (Å²) in [6.07, 6.45) is 5.45. The highest BCUT2D eigenvalue weighted by molar-refractivity contribution is 4.90. The highest BCUT2D eigenvalue weighted by Crippen LogP contribution is 2.14. The summed E-state index contributed by atoms with van der Waals surface area (Å²) in [6, 6.07) is 0. The third-order valence-electron chi connectivity index (χ3n) is 1.42. The number of piperidine rings is 1. The van der Waals surface area contributed by atoms with Crippen molar-refractivity contribution in [1.82, 2.24) is 5.06 Å². The molecule has 0 saturated carbocycles. The molecule has 0 unspecified atom stereocenters. The fourth-order valence-corrected chi connectivity index (χ4v) is 1.09. The molecule has 0 aliphatic carbocycles. The van der Waals surface area contributed by atoms with E-state index in [1.807, 2.05) is 5.06 Å². The Bertz CT molecular complexity index is 111. The summed E-state index contributed by atoms with van der Waals surface area (Å²) >= 11 is 0. The quantitative estimate of drug-likeness (QED) is 0.573. The van der Waals surface area contributed by atoms with Crippen molar-refractivity contribution in [2.24, 2.45) is 0 Å². The molecule has 0 N–H and O–H groups in total. The third kappa shape index (κ3) is 3.73. The van der Waals surface area contributed by atoms with Gasteiger partial charge in [-0.15, -0.1) is 0 Å². The van der Waals surface area contributed by atoms with Gasteiger partial charge in [0, 0.05) is 13.1 Å². The average molecular weight is 155 g/mol.